The lowest BCUT2D eigenvalue weighted by Crippen LogP contribution is -2.48. The molecule has 2 amide bonds. The second kappa shape index (κ2) is 7.83. The van der Waals surface area contributed by atoms with E-state index in [1.165, 1.54) is 16.6 Å². The van der Waals surface area contributed by atoms with Crippen LogP contribution in [0.2, 0.25) is 0 Å². The van der Waals surface area contributed by atoms with E-state index in [-0.39, 0.29) is 30.7 Å². The fourth-order valence-electron chi connectivity index (χ4n) is 3.39. The summed E-state index contributed by atoms with van der Waals surface area (Å²) in [5.74, 6) is -0.623. The highest BCUT2D eigenvalue weighted by molar-refractivity contribution is 5.90. The summed E-state index contributed by atoms with van der Waals surface area (Å²) in [6, 6.07) is 4.17. The van der Waals surface area contributed by atoms with Crippen LogP contribution < -0.4 is 5.32 Å². The SMILES string of the molecule is CNC(=O)[C@@H]1C[C@@H](O)CN1C(=O)[C@H](C(C)C)n1cc(-c2ccccn2)nn1. The number of hydrogen-bond acceptors (Lipinski definition) is 6. The molecule has 1 saturated heterocycles. The Kier molecular flexibility index (Phi) is 5.50. The van der Waals surface area contributed by atoms with Crippen molar-refractivity contribution in [2.24, 2.45) is 5.92 Å². The van der Waals surface area contributed by atoms with E-state index < -0.39 is 18.2 Å². The molecule has 27 heavy (non-hydrogen) atoms. The van der Waals surface area contributed by atoms with Gasteiger partial charge < -0.3 is 15.3 Å². The topological polar surface area (TPSA) is 113 Å². The Morgan fingerprint density at radius 1 is 1.30 bits per heavy atom. The van der Waals surface area contributed by atoms with Gasteiger partial charge in [-0.1, -0.05) is 25.1 Å². The predicted molar refractivity (Wildman–Crippen MR) is 97.3 cm³/mol. The third-order valence-corrected chi connectivity index (χ3v) is 4.72. The van der Waals surface area contributed by atoms with Gasteiger partial charge in [0.2, 0.25) is 11.8 Å². The molecule has 2 aromatic rings. The third-order valence-electron chi connectivity index (χ3n) is 4.72. The minimum atomic E-state index is -0.719. The van der Waals surface area contributed by atoms with Crippen LogP contribution in [0.3, 0.4) is 0 Å². The molecule has 0 unspecified atom stereocenters. The molecule has 3 atom stereocenters. The highest BCUT2D eigenvalue weighted by atomic mass is 16.3. The van der Waals surface area contributed by atoms with Gasteiger partial charge in [-0.15, -0.1) is 5.10 Å². The summed E-state index contributed by atoms with van der Waals surface area (Å²) in [6.45, 7) is 3.94. The number of carbonyl (C=O) groups excluding carboxylic acids is 2. The highest BCUT2D eigenvalue weighted by Crippen LogP contribution is 2.27. The predicted octanol–water partition coefficient (Wildman–Crippen LogP) is 0.245. The lowest BCUT2D eigenvalue weighted by atomic mass is 10.0. The number of hydrogen-bond donors (Lipinski definition) is 2. The Bertz CT molecular complexity index is 806. The Balaban J connectivity index is 1.88. The molecule has 0 bridgehead atoms. The number of rotatable bonds is 5. The smallest absolute Gasteiger partial charge is 0.248 e. The molecule has 9 nitrogen and oxygen atoms in total. The van der Waals surface area contributed by atoms with Crippen LogP contribution in [0.1, 0.15) is 26.3 Å². The lowest BCUT2D eigenvalue weighted by molar-refractivity contribution is -0.142. The number of β-amino-alcohol motifs (C(OH)–C–C–N with tert-alkyl or cyclic N) is 1. The summed E-state index contributed by atoms with van der Waals surface area (Å²) >= 11 is 0. The highest BCUT2D eigenvalue weighted by Gasteiger charge is 2.42. The number of nitrogens with one attached hydrogen (secondary N) is 1. The van der Waals surface area contributed by atoms with Crippen LogP contribution in [-0.2, 0) is 9.59 Å². The molecule has 144 valence electrons. The molecule has 2 N–H and O–H groups in total. The van der Waals surface area contributed by atoms with Gasteiger partial charge in [0.1, 0.15) is 17.8 Å². The van der Waals surface area contributed by atoms with Crippen LogP contribution in [0.5, 0.6) is 0 Å². The quantitative estimate of drug-likeness (QED) is 0.778. The Hall–Kier alpha value is -2.81. The Labute approximate surface area is 157 Å². The van der Waals surface area contributed by atoms with E-state index in [2.05, 4.69) is 20.6 Å². The fourth-order valence-corrected chi connectivity index (χ4v) is 3.39. The molecule has 0 spiro atoms. The monoisotopic (exact) mass is 372 g/mol. The lowest BCUT2D eigenvalue weighted by Gasteiger charge is -2.29. The van der Waals surface area contributed by atoms with E-state index in [1.807, 2.05) is 32.0 Å². The molecular weight excluding hydrogens is 348 g/mol. The zero-order chi connectivity index (χ0) is 19.6. The van der Waals surface area contributed by atoms with Crippen molar-refractivity contribution >= 4 is 11.8 Å². The molecule has 1 fully saturated rings. The van der Waals surface area contributed by atoms with Gasteiger partial charge in [0.15, 0.2) is 0 Å². The summed E-state index contributed by atoms with van der Waals surface area (Å²) in [6.07, 6.45) is 2.86. The molecule has 1 aliphatic heterocycles. The molecule has 9 heteroatoms. The van der Waals surface area contributed by atoms with Crippen LogP contribution in [0.25, 0.3) is 11.4 Å². The first kappa shape index (κ1) is 19.0. The maximum atomic E-state index is 13.2. The van der Waals surface area contributed by atoms with Gasteiger partial charge in [0.05, 0.1) is 18.0 Å². The summed E-state index contributed by atoms with van der Waals surface area (Å²) in [7, 11) is 1.52. The van der Waals surface area contributed by atoms with E-state index in [0.717, 1.165) is 0 Å². The molecular formula is C18H24N6O3. The molecule has 3 rings (SSSR count). The zero-order valence-electron chi connectivity index (χ0n) is 15.6. The Morgan fingerprint density at radius 2 is 2.07 bits per heavy atom. The van der Waals surface area contributed by atoms with E-state index in [4.69, 9.17) is 0 Å². The van der Waals surface area contributed by atoms with Crippen molar-refractivity contribution in [1.29, 1.82) is 0 Å². The number of likely N-dealkylation sites (tertiary alicyclic amines) is 1. The normalized spacial score (nSPS) is 20.7. The van der Waals surface area contributed by atoms with E-state index in [1.54, 1.807) is 12.4 Å². The van der Waals surface area contributed by atoms with Crippen molar-refractivity contribution in [2.75, 3.05) is 13.6 Å². The summed E-state index contributed by atoms with van der Waals surface area (Å²) < 4.78 is 1.52. The van der Waals surface area contributed by atoms with Gasteiger partial charge in [-0.05, 0) is 18.1 Å². The van der Waals surface area contributed by atoms with E-state index in [0.29, 0.717) is 11.4 Å². The zero-order valence-corrected chi connectivity index (χ0v) is 15.6. The third kappa shape index (κ3) is 3.82. The number of aliphatic hydroxyl groups excluding tert-OH is 1. The maximum Gasteiger partial charge on any atom is 0.248 e. The number of nitrogens with zero attached hydrogens (tertiary/aromatic N) is 5. The number of aromatic nitrogens is 4. The second-order valence-electron chi connectivity index (χ2n) is 7.00. The van der Waals surface area contributed by atoms with Crippen LogP contribution in [-0.4, -0.2) is 67.5 Å². The second-order valence-corrected chi connectivity index (χ2v) is 7.00. The minimum Gasteiger partial charge on any atom is -0.391 e. The largest absolute Gasteiger partial charge is 0.391 e. The van der Waals surface area contributed by atoms with Crippen molar-refractivity contribution in [3.05, 3.63) is 30.6 Å². The fraction of sp³-hybridized carbons (Fsp3) is 0.500. The molecule has 0 saturated carbocycles. The molecule has 3 heterocycles. The first-order valence-electron chi connectivity index (χ1n) is 8.95. The van der Waals surface area contributed by atoms with Crippen molar-refractivity contribution in [3.63, 3.8) is 0 Å². The van der Waals surface area contributed by atoms with Crippen molar-refractivity contribution < 1.29 is 14.7 Å². The molecule has 0 radical (unpaired) electrons. The number of likely N-dealkylation sites (N-methyl/N-ethyl adjacent to an activating group) is 1. The number of pyridine rings is 1. The molecule has 0 aliphatic carbocycles. The van der Waals surface area contributed by atoms with Crippen LogP contribution in [0.4, 0.5) is 0 Å². The van der Waals surface area contributed by atoms with Crippen LogP contribution in [0, 0.1) is 5.92 Å². The molecule has 2 aromatic heterocycles. The van der Waals surface area contributed by atoms with E-state index in [9.17, 15) is 14.7 Å². The summed E-state index contributed by atoms with van der Waals surface area (Å²) in [4.78, 5) is 31.1. The first-order chi connectivity index (χ1) is 12.9. The van der Waals surface area contributed by atoms with Gasteiger partial charge in [0, 0.05) is 26.2 Å². The van der Waals surface area contributed by atoms with E-state index >= 15 is 0 Å². The minimum absolute atomic E-state index is 0.0844. The van der Waals surface area contributed by atoms with Crippen LogP contribution in [0.15, 0.2) is 30.6 Å². The Morgan fingerprint density at radius 3 is 2.70 bits per heavy atom. The average molecular weight is 372 g/mol. The van der Waals surface area contributed by atoms with Crippen LogP contribution >= 0.6 is 0 Å². The van der Waals surface area contributed by atoms with Gasteiger partial charge >= 0.3 is 0 Å². The van der Waals surface area contributed by atoms with Gasteiger partial charge in [-0.2, -0.15) is 0 Å². The maximum absolute atomic E-state index is 13.2. The van der Waals surface area contributed by atoms with Crippen molar-refractivity contribution in [1.82, 2.24) is 30.2 Å². The van der Waals surface area contributed by atoms with Crippen molar-refractivity contribution in [2.45, 2.75) is 38.5 Å². The van der Waals surface area contributed by atoms with Crippen molar-refractivity contribution in [3.8, 4) is 11.4 Å². The standard InChI is InChI=1S/C18H24N6O3/c1-11(2)16(18(27)23-9-12(25)8-15(23)17(26)19-3)24-10-14(21-22-24)13-6-4-5-7-20-13/h4-7,10-12,15-16,25H,8-9H2,1-3H3,(H,19,26)/t12-,15+,16+/m1/s1. The summed E-state index contributed by atoms with van der Waals surface area (Å²) in [5, 5.41) is 20.8. The number of amides is 2. The molecule has 1 aliphatic rings. The summed E-state index contributed by atoms with van der Waals surface area (Å²) in [5.41, 5.74) is 1.23. The molecule has 0 aromatic carbocycles. The number of aliphatic hydroxyl groups is 1. The van der Waals surface area contributed by atoms with Gasteiger partial charge in [-0.25, -0.2) is 4.68 Å². The van der Waals surface area contributed by atoms with Gasteiger partial charge in [-0.3, -0.25) is 14.6 Å². The first-order valence-corrected chi connectivity index (χ1v) is 8.95. The average Bonchev–Trinajstić information content (AvgIpc) is 3.28. The number of carbonyl (C=O) groups is 2. The van der Waals surface area contributed by atoms with Gasteiger partial charge in [0.25, 0.3) is 0 Å².